The molecule has 0 aliphatic carbocycles. The van der Waals surface area contributed by atoms with Crippen LogP contribution in [0.4, 0.5) is 5.69 Å². The van der Waals surface area contributed by atoms with Crippen molar-refractivity contribution < 1.29 is 4.79 Å². The molecule has 98 valence electrons. The average molecular weight is 262 g/mol. The van der Waals surface area contributed by atoms with Crippen molar-refractivity contribution in [1.29, 1.82) is 0 Å². The van der Waals surface area contributed by atoms with E-state index >= 15 is 0 Å². The maximum Gasteiger partial charge on any atom is 0.248 e. The number of carbonyl (C=O) groups is 1. The quantitative estimate of drug-likeness (QED) is 0.692. The number of hydrogen-bond donors (Lipinski definition) is 2. The lowest BCUT2D eigenvalue weighted by Crippen LogP contribution is -2.07. The average Bonchev–Trinajstić information content (AvgIpc) is 2.96. The van der Waals surface area contributed by atoms with Gasteiger partial charge in [-0.3, -0.25) is 4.79 Å². The van der Waals surface area contributed by atoms with Crippen LogP contribution in [0.2, 0.25) is 0 Å². The van der Waals surface area contributed by atoms with Crippen LogP contribution in [-0.2, 0) is 4.79 Å². The number of nitrogens with one attached hydrogen (secondary N) is 2. The summed E-state index contributed by atoms with van der Waals surface area (Å²) in [5.41, 5.74) is 2.82. The molecule has 0 atom stereocenters. The normalized spacial score (nSPS) is 11.0. The molecule has 0 bridgehead atoms. The predicted molar refractivity (Wildman–Crippen MR) is 82.4 cm³/mol. The standard InChI is InChI=1S/C17H14N2O/c20-17(10-9-13-5-2-1-3-6-13)19-16-8-4-7-15-14(16)11-12-18-15/h1-12,18H,(H,19,20)/b10-9+. The van der Waals surface area contributed by atoms with Gasteiger partial charge >= 0.3 is 0 Å². The van der Waals surface area contributed by atoms with E-state index in [1.54, 1.807) is 12.2 Å². The molecule has 0 fully saturated rings. The second-order valence-electron chi connectivity index (χ2n) is 4.48. The second-order valence-corrected chi connectivity index (χ2v) is 4.48. The van der Waals surface area contributed by atoms with Gasteiger partial charge in [0.05, 0.1) is 5.69 Å². The maximum absolute atomic E-state index is 11.9. The SMILES string of the molecule is O=C(/C=C/c1ccccc1)Nc1cccc2[nH]ccc12. The minimum Gasteiger partial charge on any atom is -0.361 e. The van der Waals surface area contributed by atoms with Crippen LogP contribution in [0.5, 0.6) is 0 Å². The molecule has 2 N–H and O–H groups in total. The van der Waals surface area contributed by atoms with Crippen LogP contribution in [0.1, 0.15) is 5.56 Å². The zero-order valence-corrected chi connectivity index (χ0v) is 10.8. The van der Waals surface area contributed by atoms with E-state index in [0.717, 1.165) is 22.2 Å². The third-order valence-corrected chi connectivity index (χ3v) is 3.08. The van der Waals surface area contributed by atoms with Crippen molar-refractivity contribution in [1.82, 2.24) is 4.98 Å². The number of rotatable bonds is 3. The second kappa shape index (κ2) is 5.45. The lowest BCUT2D eigenvalue weighted by atomic mass is 10.2. The Morgan fingerprint density at radius 2 is 1.85 bits per heavy atom. The number of fused-ring (bicyclic) bond motifs is 1. The highest BCUT2D eigenvalue weighted by atomic mass is 16.1. The largest absolute Gasteiger partial charge is 0.361 e. The van der Waals surface area contributed by atoms with Gasteiger partial charge in [0.25, 0.3) is 0 Å². The van der Waals surface area contributed by atoms with Gasteiger partial charge in [0.1, 0.15) is 0 Å². The molecule has 0 radical (unpaired) electrons. The Morgan fingerprint density at radius 3 is 2.70 bits per heavy atom. The first-order chi connectivity index (χ1) is 9.83. The third kappa shape index (κ3) is 2.62. The van der Waals surface area contributed by atoms with Crippen molar-refractivity contribution in [2.75, 3.05) is 5.32 Å². The van der Waals surface area contributed by atoms with Crippen LogP contribution in [-0.4, -0.2) is 10.9 Å². The van der Waals surface area contributed by atoms with Crippen LogP contribution < -0.4 is 5.32 Å². The molecule has 0 saturated heterocycles. The predicted octanol–water partition coefficient (Wildman–Crippen LogP) is 3.82. The Kier molecular flexibility index (Phi) is 3.33. The number of anilines is 1. The van der Waals surface area contributed by atoms with Crippen LogP contribution in [0.15, 0.2) is 66.9 Å². The molecule has 0 aliphatic heterocycles. The topological polar surface area (TPSA) is 44.9 Å². The number of H-pyrrole nitrogens is 1. The van der Waals surface area contributed by atoms with Gasteiger partial charge in [-0.2, -0.15) is 0 Å². The van der Waals surface area contributed by atoms with Crippen molar-refractivity contribution in [3.63, 3.8) is 0 Å². The van der Waals surface area contributed by atoms with Gasteiger partial charge in [-0.15, -0.1) is 0 Å². The summed E-state index contributed by atoms with van der Waals surface area (Å²) in [4.78, 5) is 15.1. The van der Waals surface area contributed by atoms with Crippen molar-refractivity contribution in [3.05, 3.63) is 72.4 Å². The summed E-state index contributed by atoms with van der Waals surface area (Å²) in [5.74, 6) is -0.137. The molecule has 0 saturated carbocycles. The van der Waals surface area contributed by atoms with Crippen molar-refractivity contribution in [3.8, 4) is 0 Å². The fraction of sp³-hybridized carbons (Fsp3) is 0. The molecular formula is C17H14N2O. The highest BCUT2D eigenvalue weighted by Gasteiger charge is 2.03. The minimum absolute atomic E-state index is 0.137. The molecule has 2 aromatic carbocycles. The first-order valence-electron chi connectivity index (χ1n) is 6.43. The summed E-state index contributed by atoms with van der Waals surface area (Å²) < 4.78 is 0. The van der Waals surface area contributed by atoms with Gasteiger partial charge in [-0.05, 0) is 29.8 Å². The first-order valence-corrected chi connectivity index (χ1v) is 6.43. The molecule has 1 aromatic heterocycles. The number of aromatic nitrogens is 1. The van der Waals surface area contributed by atoms with E-state index in [-0.39, 0.29) is 5.91 Å². The molecule has 20 heavy (non-hydrogen) atoms. The monoisotopic (exact) mass is 262 g/mol. The van der Waals surface area contributed by atoms with Gasteiger partial charge < -0.3 is 10.3 Å². The number of carbonyl (C=O) groups excluding carboxylic acids is 1. The van der Waals surface area contributed by atoms with Gasteiger partial charge in [-0.1, -0.05) is 36.4 Å². The first kappa shape index (κ1) is 12.2. The molecule has 1 amide bonds. The summed E-state index contributed by atoms with van der Waals surface area (Å²) in [7, 11) is 0. The lowest BCUT2D eigenvalue weighted by molar-refractivity contribution is -0.111. The van der Waals surface area contributed by atoms with Gasteiger partial charge in [0.15, 0.2) is 0 Å². The summed E-state index contributed by atoms with van der Waals surface area (Å²) in [6.07, 6.45) is 5.20. The van der Waals surface area contributed by atoms with Crippen molar-refractivity contribution >= 4 is 28.6 Å². The number of aromatic amines is 1. The Bertz CT molecular complexity index is 757. The van der Waals surface area contributed by atoms with E-state index < -0.39 is 0 Å². The Labute approximate surface area is 116 Å². The van der Waals surface area contributed by atoms with Gasteiger partial charge in [-0.25, -0.2) is 0 Å². The molecule has 3 heteroatoms. The highest BCUT2D eigenvalue weighted by molar-refractivity contribution is 6.07. The number of hydrogen-bond acceptors (Lipinski definition) is 1. The lowest BCUT2D eigenvalue weighted by Gasteiger charge is -2.03. The van der Waals surface area contributed by atoms with E-state index in [0.29, 0.717) is 0 Å². The summed E-state index contributed by atoms with van der Waals surface area (Å²) in [6.45, 7) is 0. The zero-order valence-electron chi connectivity index (χ0n) is 10.8. The van der Waals surface area contributed by atoms with Crippen molar-refractivity contribution in [2.45, 2.75) is 0 Å². The summed E-state index contributed by atoms with van der Waals surface area (Å²) >= 11 is 0. The molecule has 0 spiro atoms. The summed E-state index contributed by atoms with van der Waals surface area (Å²) in [5, 5.41) is 3.90. The smallest absolute Gasteiger partial charge is 0.248 e. The van der Waals surface area contributed by atoms with E-state index in [9.17, 15) is 4.79 Å². The molecule has 3 aromatic rings. The Morgan fingerprint density at radius 1 is 1.00 bits per heavy atom. The molecular weight excluding hydrogens is 248 g/mol. The number of amides is 1. The molecule has 0 unspecified atom stereocenters. The minimum atomic E-state index is -0.137. The van der Waals surface area contributed by atoms with E-state index in [1.807, 2.05) is 60.8 Å². The molecule has 0 aliphatic rings. The fourth-order valence-electron chi connectivity index (χ4n) is 2.10. The van der Waals surface area contributed by atoms with Crippen molar-refractivity contribution in [2.24, 2.45) is 0 Å². The van der Waals surface area contributed by atoms with Gasteiger partial charge in [0.2, 0.25) is 5.91 Å². The summed E-state index contributed by atoms with van der Waals surface area (Å²) in [6, 6.07) is 17.5. The van der Waals surface area contributed by atoms with E-state index in [1.165, 1.54) is 0 Å². The highest BCUT2D eigenvalue weighted by Crippen LogP contribution is 2.22. The van der Waals surface area contributed by atoms with Crippen LogP contribution in [0.25, 0.3) is 17.0 Å². The molecule has 3 nitrogen and oxygen atoms in total. The number of benzene rings is 2. The maximum atomic E-state index is 11.9. The zero-order chi connectivity index (χ0) is 13.8. The van der Waals surface area contributed by atoms with Crippen LogP contribution in [0, 0.1) is 0 Å². The van der Waals surface area contributed by atoms with Crippen LogP contribution in [0.3, 0.4) is 0 Å². The van der Waals surface area contributed by atoms with E-state index in [4.69, 9.17) is 0 Å². The fourth-order valence-corrected chi connectivity index (χ4v) is 2.10. The Hall–Kier alpha value is -2.81. The third-order valence-electron chi connectivity index (χ3n) is 3.08. The molecule has 1 heterocycles. The van der Waals surface area contributed by atoms with E-state index in [2.05, 4.69) is 10.3 Å². The Balaban J connectivity index is 1.76. The van der Waals surface area contributed by atoms with Crippen LogP contribution >= 0.6 is 0 Å². The molecule has 3 rings (SSSR count). The van der Waals surface area contributed by atoms with Gasteiger partial charge in [0, 0.05) is 23.2 Å².